The molecular formula is C26H31N. The minimum absolute atomic E-state index is 0.377. The first-order valence-corrected chi connectivity index (χ1v) is 9.43. The summed E-state index contributed by atoms with van der Waals surface area (Å²) in [6.45, 7) is 14.4. The fourth-order valence-corrected chi connectivity index (χ4v) is 4.15. The van der Waals surface area contributed by atoms with Crippen LogP contribution in [0.1, 0.15) is 31.9 Å². The molecule has 0 fully saturated rings. The van der Waals surface area contributed by atoms with Crippen molar-refractivity contribution in [2.45, 2.75) is 26.2 Å². The molecule has 2 rings (SSSR count). The summed E-state index contributed by atoms with van der Waals surface area (Å²) in [7, 11) is 4.09. The zero-order valence-corrected chi connectivity index (χ0v) is 17.3. The molecular weight excluding hydrogens is 326 g/mol. The lowest BCUT2D eigenvalue weighted by molar-refractivity contribution is 0.562. The van der Waals surface area contributed by atoms with Gasteiger partial charge in [-0.25, -0.2) is 0 Å². The Bertz CT molecular complexity index is 871. The first kappa shape index (κ1) is 20.5. The van der Waals surface area contributed by atoms with E-state index in [9.17, 15) is 0 Å². The summed E-state index contributed by atoms with van der Waals surface area (Å²) < 4.78 is 0. The van der Waals surface area contributed by atoms with Crippen LogP contribution in [0.2, 0.25) is 0 Å². The molecule has 0 saturated heterocycles. The molecule has 0 spiro atoms. The van der Waals surface area contributed by atoms with Crippen molar-refractivity contribution < 1.29 is 0 Å². The minimum Gasteiger partial charge on any atom is -0.383 e. The van der Waals surface area contributed by atoms with E-state index in [-0.39, 0.29) is 5.41 Å². The van der Waals surface area contributed by atoms with Crippen molar-refractivity contribution in [3.8, 4) is 0 Å². The number of hydrogen-bond donors (Lipinski definition) is 0. The van der Waals surface area contributed by atoms with Crippen LogP contribution in [0.25, 0.3) is 5.57 Å². The van der Waals surface area contributed by atoms with Gasteiger partial charge < -0.3 is 4.90 Å². The second-order valence-corrected chi connectivity index (χ2v) is 6.79. The number of benzene rings is 1. The molecule has 27 heavy (non-hydrogen) atoms. The molecule has 140 valence electrons. The number of rotatable bonds is 6. The van der Waals surface area contributed by atoms with Gasteiger partial charge in [0.05, 0.1) is 5.41 Å². The normalized spacial score (nSPS) is 23.1. The molecule has 1 aliphatic rings. The summed E-state index contributed by atoms with van der Waals surface area (Å²) in [4.78, 5) is 2.07. The van der Waals surface area contributed by atoms with Crippen molar-refractivity contribution in [2.24, 2.45) is 0 Å². The van der Waals surface area contributed by atoms with Crippen LogP contribution in [0.15, 0.2) is 103 Å². The average molecular weight is 358 g/mol. The second kappa shape index (κ2) is 8.73. The number of nitrogens with zero attached hydrogens (tertiary/aromatic N) is 1. The third-order valence-electron chi connectivity index (χ3n) is 5.15. The summed E-state index contributed by atoms with van der Waals surface area (Å²) in [6.07, 6.45) is 16.9. The maximum absolute atomic E-state index is 4.15. The van der Waals surface area contributed by atoms with Gasteiger partial charge in [-0.15, -0.1) is 0 Å². The molecule has 1 aromatic carbocycles. The molecule has 1 aliphatic carbocycles. The van der Waals surface area contributed by atoms with E-state index >= 15 is 0 Å². The number of hydrogen-bond acceptors (Lipinski definition) is 1. The molecule has 0 aromatic heterocycles. The van der Waals surface area contributed by atoms with Crippen LogP contribution in [0.5, 0.6) is 0 Å². The second-order valence-electron chi connectivity index (χ2n) is 6.79. The summed E-state index contributed by atoms with van der Waals surface area (Å²) in [5.74, 6) is 0. The smallest absolute Gasteiger partial charge is 0.0704 e. The van der Waals surface area contributed by atoms with Crippen molar-refractivity contribution in [1.29, 1.82) is 0 Å². The van der Waals surface area contributed by atoms with Crippen LogP contribution in [0, 0.1) is 0 Å². The van der Waals surface area contributed by atoms with Crippen molar-refractivity contribution in [1.82, 2.24) is 4.90 Å². The van der Waals surface area contributed by atoms with E-state index in [2.05, 4.69) is 99.7 Å². The Balaban J connectivity index is 3.02. The molecule has 0 saturated carbocycles. The van der Waals surface area contributed by atoms with Crippen LogP contribution in [0.4, 0.5) is 0 Å². The molecule has 1 heteroatoms. The van der Waals surface area contributed by atoms with Gasteiger partial charge in [0.2, 0.25) is 0 Å². The van der Waals surface area contributed by atoms with Crippen LogP contribution >= 0.6 is 0 Å². The fourth-order valence-electron chi connectivity index (χ4n) is 4.15. The first-order chi connectivity index (χ1) is 13.0. The average Bonchev–Trinajstić information content (AvgIpc) is 2.94. The maximum Gasteiger partial charge on any atom is 0.0704 e. The Morgan fingerprint density at radius 3 is 2.19 bits per heavy atom. The third kappa shape index (κ3) is 3.30. The summed E-state index contributed by atoms with van der Waals surface area (Å²) >= 11 is 0. The maximum atomic E-state index is 4.15. The molecule has 1 atom stereocenters. The Hall–Kier alpha value is -2.80. The van der Waals surface area contributed by atoms with Crippen molar-refractivity contribution in [2.75, 3.05) is 14.1 Å². The van der Waals surface area contributed by atoms with E-state index in [4.69, 9.17) is 0 Å². The Labute approximate surface area is 165 Å². The molecule has 0 N–H and O–H groups in total. The molecule has 0 aliphatic heterocycles. The zero-order valence-electron chi connectivity index (χ0n) is 17.3. The highest BCUT2D eigenvalue weighted by atomic mass is 15.0. The standard InChI is InChI=1S/C26H31N/c1-8-15-22-23-16-13-14-17-25(23)26(24(22)12-5,20(9-2)10-3)21(11-4)18-19-27(6)7/h8-19H,1-2H2,3-7H3/b19-18-,20-10+,21-11+,22-15?,24-12+. The van der Waals surface area contributed by atoms with Crippen LogP contribution < -0.4 is 0 Å². The first-order valence-electron chi connectivity index (χ1n) is 9.43. The van der Waals surface area contributed by atoms with E-state index in [1.165, 1.54) is 33.4 Å². The van der Waals surface area contributed by atoms with Gasteiger partial charge in [-0.05, 0) is 66.5 Å². The van der Waals surface area contributed by atoms with E-state index < -0.39 is 0 Å². The zero-order chi connectivity index (χ0) is 20.0. The summed E-state index contributed by atoms with van der Waals surface area (Å²) in [6, 6.07) is 8.67. The predicted octanol–water partition coefficient (Wildman–Crippen LogP) is 6.61. The van der Waals surface area contributed by atoms with E-state index in [0.717, 1.165) is 0 Å². The topological polar surface area (TPSA) is 3.24 Å². The monoisotopic (exact) mass is 357 g/mol. The van der Waals surface area contributed by atoms with Gasteiger partial charge in [-0.1, -0.05) is 73.9 Å². The molecule has 0 amide bonds. The molecule has 1 unspecified atom stereocenters. The largest absolute Gasteiger partial charge is 0.383 e. The third-order valence-corrected chi connectivity index (χ3v) is 5.15. The quantitative estimate of drug-likeness (QED) is 0.518. The van der Waals surface area contributed by atoms with Crippen molar-refractivity contribution in [3.05, 3.63) is 114 Å². The molecule has 0 bridgehead atoms. The van der Waals surface area contributed by atoms with Gasteiger partial charge in [-0.3, -0.25) is 0 Å². The van der Waals surface area contributed by atoms with Gasteiger partial charge in [-0.2, -0.15) is 0 Å². The summed E-state index contributed by atoms with van der Waals surface area (Å²) in [5.41, 5.74) is 7.08. The molecule has 0 radical (unpaired) electrons. The highest BCUT2D eigenvalue weighted by Crippen LogP contribution is 2.58. The lowest BCUT2D eigenvalue weighted by Gasteiger charge is -2.36. The lowest BCUT2D eigenvalue weighted by atomic mass is 9.66. The molecule has 1 aromatic rings. The van der Waals surface area contributed by atoms with Gasteiger partial charge in [0, 0.05) is 14.1 Å². The molecule has 0 heterocycles. The Morgan fingerprint density at radius 2 is 1.67 bits per heavy atom. The Morgan fingerprint density at radius 1 is 1.00 bits per heavy atom. The van der Waals surface area contributed by atoms with Crippen molar-refractivity contribution >= 4 is 5.57 Å². The van der Waals surface area contributed by atoms with Gasteiger partial charge in [0.25, 0.3) is 0 Å². The van der Waals surface area contributed by atoms with Crippen LogP contribution in [0.3, 0.4) is 0 Å². The number of fused-ring (bicyclic) bond motifs is 1. The van der Waals surface area contributed by atoms with Gasteiger partial charge in [0.15, 0.2) is 0 Å². The molecule has 1 nitrogen and oxygen atoms in total. The number of allylic oxidation sites excluding steroid dienone is 11. The highest BCUT2D eigenvalue weighted by Gasteiger charge is 2.48. The van der Waals surface area contributed by atoms with Crippen molar-refractivity contribution in [3.63, 3.8) is 0 Å². The van der Waals surface area contributed by atoms with Gasteiger partial charge >= 0.3 is 0 Å². The fraction of sp³-hybridized carbons (Fsp3) is 0.231. The van der Waals surface area contributed by atoms with Gasteiger partial charge in [0.1, 0.15) is 0 Å². The Kier molecular flexibility index (Phi) is 6.63. The van der Waals surface area contributed by atoms with E-state index in [1.54, 1.807) is 0 Å². The minimum atomic E-state index is -0.377. The SMILES string of the molecule is C=CC=C1/C(=C\C)C(/C(C=C)=C/C)(C(/C=C\N(C)C)=C/C)c2ccccc21. The van der Waals surface area contributed by atoms with E-state index in [0.29, 0.717) is 0 Å². The van der Waals surface area contributed by atoms with Crippen LogP contribution in [-0.4, -0.2) is 19.0 Å². The van der Waals surface area contributed by atoms with Crippen LogP contribution in [-0.2, 0) is 5.41 Å². The highest BCUT2D eigenvalue weighted by molar-refractivity contribution is 5.95. The predicted molar refractivity (Wildman–Crippen MR) is 121 cm³/mol. The van der Waals surface area contributed by atoms with E-state index in [1.807, 2.05) is 26.2 Å². The summed E-state index contributed by atoms with van der Waals surface area (Å²) in [5, 5.41) is 0. The lowest BCUT2D eigenvalue weighted by Crippen LogP contribution is -2.29.